The number of aromatic hydroxyl groups is 1. The molecule has 3 aromatic carbocycles. The number of ether oxygens (including phenoxy) is 8. The monoisotopic (exact) mass is 817 g/mol. The minimum atomic E-state index is -1.30. The third-order valence-electron chi connectivity index (χ3n) is 12.7. The summed E-state index contributed by atoms with van der Waals surface area (Å²) in [6, 6.07) is 4.91. The third kappa shape index (κ3) is 5.78. The number of carbonyl (C=O) groups is 2. The van der Waals surface area contributed by atoms with Crippen molar-refractivity contribution in [1.82, 2.24) is 15.1 Å². The molecular formula is C43H51N3O11S. The average Bonchev–Trinajstić information content (AvgIpc) is 3.66. The topological polar surface area (TPSA) is 147 Å². The Morgan fingerprint density at radius 2 is 1.72 bits per heavy atom. The molecule has 6 atom stereocenters. The van der Waals surface area contributed by atoms with Crippen molar-refractivity contribution in [1.29, 1.82) is 0 Å². The maximum atomic E-state index is 14.9. The van der Waals surface area contributed by atoms with Crippen LogP contribution in [0.15, 0.2) is 18.2 Å². The number of fused-ring (bicyclic) bond motifs is 9. The number of piperazine rings is 1. The van der Waals surface area contributed by atoms with Crippen molar-refractivity contribution < 1.29 is 52.6 Å². The van der Waals surface area contributed by atoms with E-state index in [0.717, 1.165) is 45.4 Å². The quantitative estimate of drug-likeness (QED) is 0.242. The van der Waals surface area contributed by atoms with Gasteiger partial charge in [-0.25, -0.2) is 9.59 Å². The number of methoxy groups -OCH3 is 3. The standard InChI is InChI=1S/C43H51N3O11S/c1-20-12-23-13-24-16-46-26-17-53-40(48)43(25-15-27(50-7)28(14-22(25)10-11-44-43)56-41(49)57-42(3,4)5)18-58-39(33(46)32(45(24)6)29(23)34(47)35(20)51-8)31-30(26)38-37(54-19-55-38)21(2)36(31)52-9/h12,14-15,24,26,32-33,39,44,47H,10-11,13,16-19H2,1-9H3/t24?,26?,32?,33?,39?,43-/m1/s1. The SMILES string of the molecule is COc1cc2c(cc1OC(=O)OC(C)(C)C)CCN[C@]21CSC2c3c(OC)c(C)c4c(c3C(COC1=O)N1CC3Cc5cc(C)c(OC)c(O)c5C(C21)N3C)OCO4. The lowest BCUT2D eigenvalue weighted by Crippen LogP contribution is -2.65. The maximum absolute atomic E-state index is 14.9. The summed E-state index contributed by atoms with van der Waals surface area (Å²) < 4.78 is 48.0. The highest BCUT2D eigenvalue weighted by Gasteiger charge is 2.59. The maximum Gasteiger partial charge on any atom is 0.514 e. The number of hydrogen-bond acceptors (Lipinski definition) is 15. The van der Waals surface area contributed by atoms with Crippen LogP contribution in [0.5, 0.6) is 40.2 Å². The molecule has 2 fully saturated rings. The summed E-state index contributed by atoms with van der Waals surface area (Å²) >= 11 is 1.65. The van der Waals surface area contributed by atoms with Gasteiger partial charge in [-0.3, -0.25) is 15.1 Å². The van der Waals surface area contributed by atoms with Gasteiger partial charge in [0.05, 0.1) is 38.7 Å². The number of rotatable bonds is 4. The second-order valence-corrected chi connectivity index (χ2v) is 18.1. The van der Waals surface area contributed by atoms with E-state index in [4.69, 9.17) is 37.9 Å². The van der Waals surface area contributed by atoms with Crippen LogP contribution in [0.3, 0.4) is 0 Å². The molecule has 3 aromatic rings. The van der Waals surface area contributed by atoms with Gasteiger partial charge in [-0.05, 0) is 88.9 Å². The largest absolute Gasteiger partial charge is 0.514 e. The molecule has 14 nitrogen and oxygen atoms in total. The lowest BCUT2D eigenvalue weighted by atomic mass is 9.73. The van der Waals surface area contributed by atoms with Gasteiger partial charge >= 0.3 is 12.1 Å². The number of thioether (sulfide) groups is 1. The number of benzene rings is 3. The van der Waals surface area contributed by atoms with E-state index in [1.165, 1.54) is 7.11 Å². The van der Waals surface area contributed by atoms with Crippen LogP contribution < -0.4 is 33.7 Å². The number of aryl methyl sites for hydroxylation is 1. The number of nitrogens with zero attached hydrogens (tertiary/aromatic N) is 2. The summed E-state index contributed by atoms with van der Waals surface area (Å²) in [4.78, 5) is 32.6. The smallest absolute Gasteiger partial charge is 0.504 e. The van der Waals surface area contributed by atoms with E-state index in [9.17, 15) is 14.7 Å². The molecule has 5 unspecified atom stereocenters. The van der Waals surface area contributed by atoms with Gasteiger partial charge in [-0.15, -0.1) is 11.8 Å². The lowest BCUT2D eigenvalue weighted by Gasteiger charge is -2.60. The summed E-state index contributed by atoms with van der Waals surface area (Å²) in [5, 5.41) is 15.4. The molecule has 0 aromatic heterocycles. The van der Waals surface area contributed by atoms with Crippen molar-refractivity contribution in [2.75, 3.05) is 60.6 Å². The Morgan fingerprint density at radius 1 is 0.966 bits per heavy atom. The molecule has 10 rings (SSSR count). The summed E-state index contributed by atoms with van der Waals surface area (Å²) in [5.41, 5.74) is 5.03. The first-order chi connectivity index (χ1) is 27.7. The Labute approximate surface area is 342 Å². The van der Waals surface area contributed by atoms with E-state index in [2.05, 4.69) is 28.2 Å². The van der Waals surface area contributed by atoms with Crippen molar-refractivity contribution in [3.8, 4) is 40.2 Å². The number of phenolic OH excluding ortho intramolecular Hbond substituents is 1. The van der Waals surface area contributed by atoms with Crippen LogP contribution in [-0.4, -0.2) is 105 Å². The van der Waals surface area contributed by atoms with Crippen LogP contribution in [0.25, 0.3) is 0 Å². The molecule has 0 saturated carbocycles. The first-order valence-electron chi connectivity index (χ1n) is 19.7. The van der Waals surface area contributed by atoms with Gasteiger partial charge in [-0.1, -0.05) is 6.07 Å². The van der Waals surface area contributed by atoms with E-state index in [0.29, 0.717) is 48.1 Å². The molecule has 0 aliphatic carbocycles. The van der Waals surface area contributed by atoms with Gasteiger partial charge < -0.3 is 43.0 Å². The molecule has 58 heavy (non-hydrogen) atoms. The van der Waals surface area contributed by atoms with Crippen LogP contribution in [0.2, 0.25) is 0 Å². The zero-order valence-electron chi connectivity index (χ0n) is 34.4. The first-order valence-corrected chi connectivity index (χ1v) is 20.8. The minimum Gasteiger partial charge on any atom is -0.504 e. The van der Waals surface area contributed by atoms with Crippen LogP contribution in [0, 0.1) is 13.8 Å². The fourth-order valence-corrected chi connectivity index (χ4v) is 12.0. The molecule has 310 valence electrons. The van der Waals surface area contributed by atoms with Crippen molar-refractivity contribution in [2.45, 2.75) is 88.0 Å². The van der Waals surface area contributed by atoms with E-state index < -0.39 is 29.3 Å². The summed E-state index contributed by atoms with van der Waals surface area (Å²) in [6.45, 7) is 10.5. The van der Waals surface area contributed by atoms with E-state index in [1.807, 2.05) is 13.8 Å². The number of carbonyl (C=O) groups excluding carboxylic acids is 2. The number of hydrogen-bond donors (Lipinski definition) is 2. The van der Waals surface area contributed by atoms with Crippen LogP contribution in [0.4, 0.5) is 4.79 Å². The molecule has 0 radical (unpaired) electrons. The van der Waals surface area contributed by atoms with E-state index in [1.54, 1.807) is 58.9 Å². The zero-order valence-corrected chi connectivity index (χ0v) is 35.2. The van der Waals surface area contributed by atoms with E-state index in [-0.39, 0.29) is 59.8 Å². The number of nitrogens with one attached hydrogen (secondary N) is 1. The zero-order chi connectivity index (χ0) is 41.0. The fraction of sp³-hybridized carbons (Fsp3) is 0.535. The van der Waals surface area contributed by atoms with Crippen LogP contribution >= 0.6 is 11.8 Å². The van der Waals surface area contributed by atoms with Crippen molar-refractivity contribution in [3.63, 3.8) is 0 Å². The van der Waals surface area contributed by atoms with Crippen molar-refractivity contribution >= 4 is 23.9 Å². The van der Waals surface area contributed by atoms with Gasteiger partial charge in [0.2, 0.25) is 6.79 Å². The van der Waals surface area contributed by atoms with Crippen LogP contribution in [0.1, 0.15) is 82.6 Å². The molecule has 2 saturated heterocycles. The second-order valence-electron chi connectivity index (χ2n) is 17.0. The Morgan fingerprint density at radius 3 is 2.45 bits per heavy atom. The van der Waals surface area contributed by atoms with Gasteiger partial charge in [0.15, 0.2) is 40.0 Å². The van der Waals surface area contributed by atoms with Gasteiger partial charge in [0.25, 0.3) is 0 Å². The first kappa shape index (κ1) is 38.9. The third-order valence-corrected chi connectivity index (χ3v) is 14.2. The van der Waals surface area contributed by atoms with Gasteiger partial charge in [0, 0.05) is 53.2 Å². The van der Waals surface area contributed by atoms with Crippen LogP contribution in [-0.2, 0) is 32.6 Å². The average molecular weight is 818 g/mol. The molecule has 0 amide bonds. The molecule has 15 heteroatoms. The van der Waals surface area contributed by atoms with Crippen molar-refractivity contribution in [2.24, 2.45) is 0 Å². The molecule has 7 heterocycles. The minimum absolute atomic E-state index is 0.0245. The predicted octanol–water partition coefficient (Wildman–Crippen LogP) is 5.79. The predicted molar refractivity (Wildman–Crippen MR) is 214 cm³/mol. The molecule has 1 spiro atoms. The normalized spacial score (nSPS) is 27.1. The fourth-order valence-electron chi connectivity index (χ4n) is 10.3. The Bertz CT molecular complexity index is 2220. The summed E-state index contributed by atoms with van der Waals surface area (Å²) in [7, 11) is 6.92. The van der Waals surface area contributed by atoms with Gasteiger partial charge in [0.1, 0.15) is 18.0 Å². The Hall–Kier alpha value is -4.57. The number of likely N-dealkylation sites (N-methyl/N-ethyl adjacent to an activating group) is 1. The van der Waals surface area contributed by atoms with E-state index >= 15 is 0 Å². The number of esters is 1. The van der Waals surface area contributed by atoms with Gasteiger partial charge in [-0.2, -0.15) is 0 Å². The highest BCUT2D eigenvalue weighted by molar-refractivity contribution is 7.99. The highest BCUT2D eigenvalue weighted by atomic mass is 32.2. The summed E-state index contributed by atoms with van der Waals surface area (Å²) in [5.74, 6) is 2.96. The molecule has 7 aliphatic heterocycles. The Kier molecular flexibility index (Phi) is 9.41. The molecular weight excluding hydrogens is 767 g/mol. The molecule has 4 bridgehead atoms. The number of phenols is 1. The molecule has 7 aliphatic rings. The second kappa shape index (κ2) is 14.0. The summed E-state index contributed by atoms with van der Waals surface area (Å²) in [6.07, 6.45) is 0.452. The molecule has 2 N–H and O–H groups in total. The van der Waals surface area contributed by atoms with Crippen molar-refractivity contribution in [3.05, 3.63) is 62.7 Å². The lowest BCUT2D eigenvalue weighted by molar-refractivity contribution is -0.156. The Balaban J connectivity index is 1.22. The highest BCUT2D eigenvalue weighted by Crippen LogP contribution is 2.63.